The minimum Gasteiger partial charge on any atom is -0.324 e. The van der Waals surface area contributed by atoms with Gasteiger partial charge in [0.2, 0.25) is 0 Å². The Morgan fingerprint density at radius 3 is 2.56 bits per heavy atom. The van der Waals surface area contributed by atoms with E-state index >= 15 is 0 Å². The first kappa shape index (κ1) is 13.3. The van der Waals surface area contributed by atoms with Gasteiger partial charge in [-0.15, -0.1) is 0 Å². The topological polar surface area (TPSA) is 43.1 Å². The molecule has 0 radical (unpaired) electrons. The zero-order valence-electron chi connectivity index (χ0n) is 11.4. The van der Waals surface area contributed by atoms with Gasteiger partial charge in [0.05, 0.1) is 6.54 Å². The fraction of sp³-hybridized carbons (Fsp3) is 0.562. The third-order valence-electron chi connectivity index (χ3n) is 4.09. The van der Waals surface area contributed by atoms with Crippen molar-refractivity contribution in [3.63, 3.8) is 0 Å². The summed E-state index contributed by atoms with van der Waals surface area (Å²) in [5.74, 6) is 0.668. The summed E-state index contributed by atoms with van der Waals surface area (Å²) in [5.41, 5.74) is 7.93. The molecule has 0 bridgehead atoms. The van der Waals surface area contributed by atoms with Crippen LogP contribution in [0.4, 0.5) is 0 Å². The van der Waals surface area contributed by atoms with Crippen molar-refractivity contribution in [2.24, 2.45) is 11.1 Å². The van der Waals surface area contributed by atoms with E-state index in [1.54, 1.807) is 0 Å². The molecule has 2 nitrogen and oxygen atoms in total. The molecule has 18 heavy (non-hydrogen) atoms. The smallest absolute Gasteiger partial charge is 0.176 e. The maximum absolute atomic E-state index is 11.5. The Bertz CT molecular complexity index is 419. The van der Waals surface area contributed by atoms with Crippen LogP contribution >= 0.6 is 0 Å². The first-order chi connectivity index (χ1) is 8.52. The molecule has 1 saturated carbocycles. The lowest BCUT2D eigenvalue weighted by Gasteiger charge is -2.35. The van der Waals surface area contributed by atoms with Gasteiger partial charge in [0, 0.05) is 5.56 Å². The molecule has 1 unspecified atom stereocenters. The number of carbonyl (C=O) groups is 1. The van der Waals surface area contributed by atoms with Gasteiger partial charge in [-0.2, -0.15) is 0 Å². The van der Waals surface area contributed by atoms with Crippen LogP contribution in [0.5, 0.6) is 0 Å². The van der Waals surface area contributed by atoms with Crippen molar-refractivity contribution >= 4 is 5.78 Å². The van der Waals surface area contributed by atoms with Crippen molar-refractivity contribution in [2.45, 2.75) is 45.4 Å². The number of hydrogen-bond acceptors (Lipinski definition) is 2. The van der Waals surface area contributed by atoms with E-state index in [2.05, 4.69) is 26.0 Å². The molecule has 1 atom stereocenters. The molecular weight excluding hydrogens is 222 g/mol. The minimum atomic E-state index is 0.0190. The van der Waals surface area contributed by atoms with Crippen molar-refractivity contribution in [2.75, 3.05) is 6.54 Å². The van der Waals surface area contributed by atoms with Gasteiger partial charge in [-0.05, 0) is 36.2 Å². The second-order valence-electron chi connectivity index (χ2n) is 6.21. The molecule has 0 amide bonds. The number of ketones is 1. The number of Topliss-reactive ketones (excluding diaryl/α,β-unsaturated/α-hetero) is 1. The van der Waals surface area contributed by atoms with E-state index < -0.39 is 0 Å². The van der Waals surface area contributed by atoms with Crippen LogP contribution in [-0.2, 0) is 0 Å². The molecule has 1 fully saturated rings. The highest BCUT2D eigenvalue weighted by molar-refractivity contribution is 5.97. The first-order valence-corrected chi connectivity index (χ1v) is 6.85. The maximum Gasteiger partial charge on any atom is 0.176 e. The molecule has 1 aliphatic rings. The molecule has 98 valence electrons. The standard InChI is InChI=1S/C16H23NO/c1-16(2)9-3-4-14(10-16)12-5-7-13(8-6-12)15(18)11-17/h5-8,14H,3-4,9-11,17H2,1-2H3. The van der Waals surface area contributed by atoms with Crippen LogP contribution in [0, 0.1) is 5.41 Å². The van der Waals surface area contributed by atoms with Gasteiger partial charge >= 0.3 is 0 Å². The van der Waals surface area contributed by atoms with E-state index in [4.69, 9.17) is 5.73 Å². The van der Waals surface area contributed by atoms with E-state index in [1.807, 2.05) is 12.1 Å². The highest BCUT2D eigenvalue weighted by Gasteiger charge is 2.28. The fourth-order valence-electron chi connectivity index (χ4n) is 3.04. The van der Waals surface area contributed by atoms with E-state index in [0.29, 0.717) is 11.3 Å². The molecular formula is C16H23NO. The van der Waals surface area contributed by atoms with E-state index in [0.717, 1.165) is 5.56 Å². The zero-order valence-corrected chi connectivity index (χ0v) is 11.4. The van der Waals surface area contributed by atoms with Crippen molar-refractivity contribution in [3.8, 4) is 0 Å². The average Bonchev–Trinajstić information content (AvgIpc) is 2.37. The molecule has 1 aliphatic carbocycles. The predicted molar refractivity (Wildman–Crippen MR) is 74.8 cm³/mol. The Kier molecular flexibility index (Phi) is 3.86. The van der Waals surface area contributed by atoms with Crippen LogP contribution in [0.1, 0.15) is 61.4 Å². The lowest BCUT2D eigenvalue weighted by atomic mass is 9.70. The van der Waals surface area contributed by atoms with Crippen LogP contribution in [-0.4, -0.2) is 12.3 Å². The average molecular weight is 245 g/mol. The third kappa shape index (κ3) is 2.99. The van der Waals surface area contributed by atoms with Gasteiger partial charge in [0.1, 0.15) is 0 Å². The van der Waals surface area contributed by atoms with Gasteiger partial charge in [0.25, 0.3) is 0 Å². The summed E-state index contributed by atoms with van der Waals surface area (Å²) in [5, 5.41) is 0. The van der Waals surface area contributed by atoms with E-state index in [1.165, 1.54) is 31.2 Å². The zero-order chi connectivity index (χ0) is 13.2. The van der Waals surface area contributed by atoms with Crippen LogP contribution in [0.2, 0.25) is 0 Å². The quantitative estimate of drug-likeness (QED) is 0.828. The van der Waals surface area contributed by atoms with Crippen molar-refractivity contribution in [1.82, 2.24) is 0 Å². The molecule has 0 aromatic heterocycles. The largest absolute Gasteiger partial charge is 0.324 e. The van der Waals surface area contributed by atoms with Gasteiger partial charge in [0.15, 0.2) is 5.78 Å². The SMILES string of the molecule is CC1(C)CCCC(c2ccc(C(=O)CN)cc2)C1. The van der Waals surface area contributed by atoms with Gasteiger partial charge in [-0.25, -0.2) is 0 Å². The summed E-state index contributed by atoms with van der Waals surface area (Å²) in [4.78, 5) is 11.5. The van der Waals surface area contributed by atoms with Crippen LogP contribution in [0.15, 0.2) is 24.3 Å². The lowest BCUT2D eigenvalue weighted by Crippen LogP contribution is -2.21. The molecule has 0 spiro atoms. The second-order valence-corrected chi connectivity index (χ2v) is 6.21. The third-order valence-corrected chi connectivity index (χ3v) is 4.09. The molecule has 0 saturated heterocycles. The number of rotatable bonds is 3. The monoisotopic (exact) mass is 245 g/mol. The Balaban J connectivity index is 2.12. The van der Waals surface area contributed by atoms with Crippen LogP contribution < -0.4 is 5.73 Å². The van der Waals surface area contributed by atoms with Gasteiger partial charge in [-0.3, -0.25) is 4.79 Å². The highest BCUT2D eigenvalue weighted by atomic mass is 16.1. The molecule has 2 rings (SSSR count). The van der Waals surface area contributed by atoms with Crippen LogP contribution in [0.25, 0.3) is 0 Å². The molecule has 2 N–H and O–H groups in total. The number of nitrogens with two attached hydrogens (primary N) is 1. The molecule has 2 heteroatoms. The Morgan fingerprint density at radius 1 is 1.33 bits per heavy atom. The Morgan fingerprint density at radius 2 is 2.00 bits per heavy atom. The van der Waals surface area contributed by atoms with E-state index in [-0.39, 0.29) is 12.3 Å². The van der Waals surface area contributed by atoms with Gasteiger partial charge in [-0.1, -0.05) is 44.5 Å². The van der Waals surface area contributed by atoms with Crippen LogP contribution in [0.3, 0.4) is 0 Å². The summed E-state index contributed by atoms with van der Waals surface area (Å²) >= 11 is 0. The first-order valence-electron chi connectivity index (χ1n) is 6.85. The molecule has 0 heterocycles. The predicted octanol–water partition coefficient (Wildman–Crippen LogP) is 3.51. The fourth-order valence-corrected chi connectivity index (χ4v) is 3.04. The summed E-state index contributed by atoms with van der Waals surface area (Å²) in [6.45, 7) is 4.80. The summed E-state index contributed by atoms with van der Waals surface area (Å²) in [6, 6.07) is 8.06. The molecule has 0 aliphatic heterocycles. The second kappa shape index (κ2) is 5.23. The maximum atomic E-state index is 11.5. The Hall–Kier alpha value is -1.15. The van der Waals surface area contributed by atoms with Crippen molar-refractivity contribution in [1.29, 1.82) is 0 Å². The van der Waals surface area contributed by atoms with E-state index in [9.17, 15) is 4.79 Å². The van der Waals surface area contributed by atoms with Crippen molar-refractivity contribution in [3.05, 3.63) is 35.4 Å². The molecule has 1 aromatic carbocycles. The number of hydrogen-bond donors (Lipinski definition) is 1. The van der Waals surface area contributed by atoms with Crippen molar-refractivity contribution < 1.29 is 4.79 Å². The summed E-state index contributed by atoms with van der Waals surface area (Å²) in [6.07, 6.45) is 5.15. The Labute approximate surface area is 110 Å². The normalized spacial score (nSPS) is 22.7. The summed E-state index contributed by atoms with van der Waals surface area (Å²) < 4.78 is 0. The van der Waals surface area contributed by atoms with Gasteiger partial charge < -0.3 is 5.73 Å². The molecule has 1 aromatic rings. The summed E-state index contributed by atoms with van der Waals surface area (Å²) in [7, 11) is 0. The lowest BCUT2D eigenvalue weighted by molar-refractivity contribution is 0.100. The number of benzene rings is 1. The number of carbonyl (C=O) groups excluding carboxylic acids is 1. The minimum absolute atomic E-state index is 0.0190. The highest BCUT2D eigenvalue weighted by Crippen LogP contribution is 2.43.